The van der Waals surface area contributed by atoms with Gasteiger partial charge in [-0.25, -0.2) is 4.98 Å². The fourth-order valence-corrected chi connectivity index (χ4v) is 3.21. The smallest absolute Gasteiger partial charge is 0.253 e. The van der Waals surface area contributed by atoms with Crippen LogP contribution >= 0.6 is 11.8 Å². The second-order valence-corrected chi connectivity index (χ2v) is 6.46. The number of para-hydroxylation sites is 2. The van der Waals surface area contributed by atoms with E-state index in [1.165, 1.54) is 4.90 Å². The summed E-state index contributed by atoms with van der Waals surface area (Å²) in [5, 5.41) is 9.79. The van der Waals surface area contributed by atoms with Crippen LogP contribution in [0.1, 0.15) is 15.9 Å². The van der Waals surface area contributed by atoms with E-state index in [-0.39, 0.29) is 12.5 Å². The maximum absolute atomic E-state index is 12.1. The molecule has 0 aliphatic heterocycles. The molecule has 0 radical (unpaired) electrons. The molecule has 0 spiro atoms. The van der Waals surface area contributed by atoms with Crippen LogP contribution in [0.5, 0.6) is 0 Å². The van der Waals surface area contributed by atoms with Gasteiger partial charge in [-0.1, -0.05) is 36.0 Å². The van der Waals surface area contributed by atoms with E-state index < -0.39 is 0 Å². The number of nitrogens with one attached hydrogen (secondary N) is 1. The molecule has 2 aromatic carbocycles. The number of fused-ring (bicyclic) bond motifs is 1. The summed E-state index contributed by atoms with van der Waals surface area (Å²) in [4.78, 5) is 21.5. The number of hydrogen-bond donors (Lipinski definition) is 2. The first-order chi connectivity index (χ1) is 11.7. The van der Waals surface area contributed by atoms with Crippen molar-refractivity contribution in [2.75, 3.05) is 20.2 Å². The number of rotatable bonds is 6. The molecular weight excluding hydrogens is 322 g/mol. The summed E-state index contributed by atoms with van der Waals surface area (Å²) in [6.07, 6.45) is 0. The molecule has 3 aromatic rings. The predicted octanol–water partition coefficient (Wildman–Crippen LogP) is 2.92. The van der Waals surface area contributed by atoms with Crippen LogP contribution < -0.4 is 0 Å². The third kappa shape index (κ3) is 3.77. The van der Waals surface area contributed by atoms with Gasteiger partial charge in [-0.15, -0.1) is 0 Å². The maximum atomic E-state index is 12.1. The van der Waals surface area contributed by atoms with E-state index in [1.54, 1.807) is 18.8 Å². The predicted molar refractivity (Wildman–Crippen MR) is 96.1 cm³/mol. The molecule has 0 unspecified atom stereocenters. The molecule has 1 amide bonds. The van der Waals surface area contributed by atoms with E-state index in [4.69, 9.17) is 5.11 Å². The Morgan fingerprint density at radius 2 is 1.96 bits per heavy atom. The number of nitrogens with zero attached hydrogens (tertiary/aromatic N) is 2. The first-order valence-corrected chi connectivity index (χ1v) is 8.69. The van der Waals surface area contributed by atoms with Gasteiger partial charge in [-0.3, -0.25) is 4.79 Å². The average molecular weight is 341 g/mol. The van der Waals surface area contributed by atoms with E-state index >= 15 is 0 Å². The monoisotopic (exact) mass is 341 g/mol. The second kappa shape index (κ2) is 7.51. The molecule has 124 valence electrons. The summed E-state index contributed by atoms with van der Waals surface area (Å²) in [7, 11) is 1.68. The highest BCUT2D eigenvalue weighted by atomic mass is 32.2. The molecule has 0 saturated heterocycles. The number of hydrogen-bond acceptors (Lipinski definition) is 4. The number of H-pyrrole nitrogens is 1. The number of benzene rings is 2. The van der Waals surface area contributed by atoms with Gasteiger partial charge in [0.25, 0.3) is 5.91 Å². The lowest BCUT2D eigenvalue weighted by Crippen LogP contribution is -2.29. The minimum absolute atomic E-state index is 0.0333. The highest BCUT2D eigenvalue weighted by molar-refractivity contribution is 7.98. The number of imidazole rings is 1. The molecular formula is C18H19N3O2S. The van der Waals surface area contributed by atoms with Crippen molar-refractivity contribution in [1.29, 1.82) is 0 Å². The summed E-state index contributed by atoms with van der Waals surface area (Å²) < 4.78 is 0. The molecule has 0 saturated carbocycles. The van der Waals surface area contributed by atoms with Crippen molar-refractivity contribution in [1.82, 2.24) is 14.9 Å². The van der Waals surface area contributed by atoms with Crippen LogP contribution in [0.25, 0.3) is 11.0 Å². The van der Waals surface area contributed by atoms with Crippen molar-refractivity contribution in [3.05, 3.63) is 59.7 Å². The van der Waals surface area contributed by atoms with Crippen LogP contribution in [0.4, 0.5) is 0 Å². The Morgan fingerprint density at radius 3 is 2.67 bits per heavy atom. The van der Waals surface area contributed by atoms with Crippen LogP contribution in [0.15, 0.2) is 53.7 Å². The standard InChI is InChI=1S/C18H19N3O2S/c1-21(10-11-22)17(23)14-8-6-13(7-9-14)12-24-18-19-15-4-2-3-5-16(15)20-18/h2-9,22H,10-12H2,1H3,(H,19,20). The van der Waals surface area contributed by atoms with Gasteiger partial charge in [0.2, 0.25) is 0 Å². The van der Waals surface area contributed by atoms with Gasteiger partial charge in [-0.05, 0) is 29.8 Å². The molecule has 2 N–H and O–H groups in total. The Balaban J connectivity index is 1.62. The van der Waals surface area contributed by atoms with Gasteiger partial charge in [0.15, 0.2) is 5.16 Å². The summed E-state index contributed by atoms with van der Waals surface area (Å²) >= 11 is 1.63. The largest absolute Gasteiger partial charge is 0.395 e. The third-order valence-corrected chi connectivity index (χ3v) is 4.67. The Kier molecular flexibility index (Phi) is 5.17. The van der Waals surface area contributed by atoms with Crippen molar-refractivity contribution >= 4 is 28.7 Å². The molecule has 0 aliphatic carbocycles. The Hall–Kier alpha value is -2.31. The number of carbonyl (C=O) groups is 1. The molecule has 0 bridgehead atoms. The van der Waals surface area contributed by atoms with Gasteiger partial charge < -0.3 is 15.0 Å². The maximum Gasteiger partial charge on any atom is 0.253 e. The molecule has 1 heterocycles. The van der Waals surface area contributed by atoms with Crippen LogP contribution in [0, 0.1) is 0 Å². The average Bonchev–Trinajstić information content (AvgIpc) is 3.03. The van der Waals surface area contributed by atoms with Gasteiger partial charge in [0.1, 0.15) is 0 Å². The molecule has 0 aliphatic rings. The Labute approximate surface area is 144 Å². The third-order valence-electron chi connectivity index (χ3n) is 3.73. The van der Waals surface area contributed by atoms with Crippen LogP contribution in [0.2, 0.25) is 0 Å². The van der Waals surface area contributed by atoms with Gasteiger partial charge >= 0.3 is 0 Å². The van der Waals surface area contributed by atoms with E-state index in [2.05, 4.69) is 9.97 Å². The molecule has 6 heteroatoms. The van der Waals surface area contributed by atoms with Crippen molar-refractivity contribution in [3.63, 3.8) is 0 Å². The highest BCUT2D eigenvalue weighted by Gasteiger charge is 2.11. The zero-order chi connectivity index (χ0) is 16.9. The Bertz CT molecular complexity index is 797. The zero-order valence-corrected chi connectivity index (χ0v) is 14.2. The number of likely N-dealkylation sites (N-methyl/N-ethyl adjacent to an activating group) is 1. The highest BCUT2D eigenvalue weighted by Crippen LogP contribution is 2.23. The molecule has 5 nitrogen and oxygen atoms in total. The minimum atomic E-state index is -0.0828. The molecule has 3 rings (SSSR count). The molecule has 24 heavy (non-hydrogen) atoms. The molecule has 0 atom stereocenters. The van der Waals surface area contributed by atoms with Crippen LogP contribution in [-0.2, 0) is 5.75 Å². The lowest BCUT2D eigenvalue weighted by molar-refractivity contribution is 0.0767. The number of aliphatic hydroxyl groups excluding tert-OH is 1. The summed E-state index contributed by atoms with van der Waals surface area (Å²) in [6.45, 7) is 0.303. The number of aromatic amines is 1. The number of amides is 1. The SMILES string of the molecule is CN(CCO)C(=O)c1ccc(CSc2nc3ccccc3[nH]2)cc1. The number of carbonyl (C=O) groups excluding carboxylic acids is 1. The fraction of sp³-hybridized carbons (Fsp3) is 0.222. The fourth-order valence-electron chi connectivity index (χ4n) is 2.36. The van der Waals surface area contributed by atoms with E-state index in [1.807, 2.05) is 48.5 Å². The van der Waals surface area contributed by atoms with Crippen molar-refractivity contribution in [2.45, 2.75) is 10.9 Å². The first-order valence-electron chi connectivity index (χ1n) is 7.70. The first kappa shape index (κ1) is 16.5. The summed E-state index contributed by atoms with van der Waals surface area (Å²) in [5.41, 5.74) is 3.76. The minimum Gasteiger partial charge on any atom is -0.395 e. The number of thioether (sulfide) groups is 1. The van der Waals surface area contributed by atoms with Crippen LogP contribution in [0.3, 0.4) is 0 Å². The van der Waals surface area contributed by atoms with Crippen molar-refractivity contribution in [2.24, 2.45) is 0 Å². The lowest BCUT2D eigenvalue weighted by atomic mass is 10.1. The molecule has 1 aromatic heterocycles. The number of aromatic nitrogens is 2. The van der Waals surface area contributed by atoms with Gasteiger partial charge in [0.05, 0.1) is 17.6 Å². The summed E-state index contributed by atoms with van der Waals surface area (Å²) in [5.74, 6) is 0.696. The number of aliphatic hydroxyl groups is 1. The van der Waals surface area contributed by atoms with Crippen LogP contribution in [-0.4, -0.2) is 46.1 Å². The molecule has 0 fully saturated rings. The summed E-state index contributed by atoms with van der Waals surface area (Å²) in [6, 6.07) is 15.5. The lowest BCUT2D eigenvalue weighted by Gasteiger charge is -2.15. The van der Waals surface area contributed by atoms with E-state index in [0.717, 1.165) is 27.5 Å². The van der Waals surface area contributed by atoms with Crippen molar-refractivity contribution in [3.8, 4) is 0 Å². The topological polar surface area (TPSA) is 69.2 Å². The van der Waals surface area contributed by atoms with Gasteiger partial charge in [0, 0.05) is 24.9 Å². The normalized spacial score (nSPS) is 10.9. The quantitative estimate of drug-likeness (QED) is 0.677. The van der Waals surface area contributed by atoms with E-state index in [0.29, 0.717) is 12.1 Å². The Morgan fingerprint density at radius 1 is 1.21 bits per heavy atom. The second-order valence-electron chi connectivity index (χ2n) is 5.50. The zero-order valence-electron chi connectivity index (χ0n) is 13.4. The van der Waals surface area contributed by atoms with Gasteiger partial charge in [-0.2, -0.15) is 0 Å². The van der Waals surface area contributed by atoms with E-state index in [9.17, 15) is 4.79 Å². The van der Waals surface area contributed by atoms with Crippen molar-refractivity contribution < 1.29 is 9.90 Å².